The molecule has 200 valence electrons. The van der Waals surface area contributed by atoms with Gasteiger partial charge in [-0.05, 0) is 30.5 Å². The minimum absolute atomic E-state index is 0.0402. The van der Waals surface area contributed by atoms with Crippen LogP contribution in [0.3, 0.4) is 0 Å². The highest BCUT2D eigenvalue weighted by atomic mass is 32.2. The average Bonchev–Trinajstić information content (AvgIpc) is 3.41. The quantitative estimate of drug-likeness (QED) is 0.202. The van der Waals surface area contributed by atoms with E-state index in [0.29, 0.717) is 34.1 Å². The van der Waals surface area contributed by atoms with Crippen LogP contribution < -0.4 is 5.32 Å². The lowest BCUT2D eigenvalue weighted by Crippen LogP contribution is -2.33. The predicted molar refractivity (Wildman–Crippen MR) is 127 cm³/mol. The van der Waals surface area contributed by atoms with E-state index >= 15 is 0 Å². The normalized spacial score (nSPS) is 27.4. The van der Waals surface area contributed by atoms with E-state index in [1.165, 1.54) is 22.5 Å². The number of ether oxygens (including phenoxy) is 1. The predicted octanol–water partition coefficient (Wildman–Crippen LogP) is 3.29. The molecule has 0 radical (unpaired) electrons. The lowest BCUT2D eigenvalue weighted by Gasteiger charge is -2.17. The number of fused-ring (bicyclic) bond motifs is 1. The minimum Gasteiger partial charge on any atom is -0.388 e. The van der Waals surface area contributed by atoms with Crippen LogP contribution in [0, 0.1) is 11.6 Å². The molecule has 14 heteroatoms. The Morgan fingerprint density at radius 1 is 1.16 bits per heavy atom. The molecule has 2 saturated carbocycles. The molecule has 2 unspecified atom stereocenters. The molecule has 9 nitrogen and oxygen atoms in total. The van der Waals surface area contributed by atoms with Crippen LogP contribution in [0.5, 0.6) is 0 Å². The van der Waals surface area contributed by atoms with Crippen molar-refractivity contribution in [2.45, 2.75) is 74.1 Å². The molecular formula is C23H26F4N6O3S. The van der Waals surface area contributed by atoms with E-state index in [1.807, 2.05) is 6.92 Å². The van der Waals surface area contributed by atoms with Crippen molar-refractivity contribution < 1.29 is 32.5 Å². The van der Waals surface area contributed by atoms with Gasteiger partial charge in [-0.15, -0.1) is 5.10 Å². The fourth-order valence-electron chi connectivity index (χ4n) is 4.61. The van der Waals surface area contributed by atoms with Gasteiger partial charge < -0.3 is 20.3 Å². The van der Waals surface area contributed by atoms with Crippen molar-refractivity contribution in [1.29, 1.82) is 0 Å². The molecule has 2 aromatic heterocycles. The van der Waals surface area contributed by atoms with Gasteiger partial charge in [0.15, 0.2) is 33.8 Å². The van der Waals surface area contributed by atoms with Crippen molar-refractivity contribution in [3.05, 3.63) is 35.4 Å². The summed E-state index contributed by atoms with van der Waals surface area (Å²) in [6.45, 7) is 1.16. The van der Waals surface area contributed by atoms with Crippen molar-refractivity contribution in [3.63, 3.8) is 0 Å². The number of aliphatic hydroxyl groups excluding tert-OH is 2. The van der Waals surface area contributed by atoms with Gasteiger partial charge in [0.05, 0.1) is 12.1 Å². The highest BCUT2D eigenvalue weighted by molar-refractivity contribution is 7.99. The minimum atomic E-state index is -2.70. The molecule has 3 N–H and O–H groups in total. The molecule has 6 atom stereocenters. The molecular weight excluding hydrogens is 516 g/mol. The first-order chi connectivity index (χ1) is 17.8. The molecule has 0 saturated heterocycles. The summed E-state index contributed by atoms with van der Waals surface area (Å²) in [4.78, 5) is 9.15. The molecule has 2 aliphatic carbocycles. The van der Waals surface area contributed by atoms with Crippen molar-refractivity contribution in [3.8, 4) is 0 Å². The van der Waals surface area contributed by atoms with Gasteiger partial charge in [-0.3, -0.25) is 0 Å². The van der Waals surface area contributed by atoms with Crippen LogP contribution in [0.15, 0.2) is 23.4 Å². The fraction of sp³-hybridized carbons (Fsp3) is 0.565. The first-order valence-electron chi connectivity index (χ1n) is 12.0. The van der Waals surface area contributed by atoms with E-state index in [1.54, 1.807) is 6.07 Å². The fourth-order valence-corrected chi connectivity index (χ4v) is 5.30. The SMILES string of the molecule is CCCSc1nc(N[C@@H]2C[C@H]2c2ccc(F)c(F)c2)c2nnn(C3CC(OCC(F)F)[C@@H](O)[C@H]3O)c2n1. The van der Waals surface area contributed by atoms with E-state index in [2.05, 4.69) is 25.6 Å². The molecule has 5 rings (SSSR count). The number of halogens is 4. The monoisotopic (exact) mass is 542 g/mol. The molecule has 0 aliphatic heterocycles. The first kappa shape index (κ1) is 26.1. The maximum atomic E-state index is 13.7. The van der Waals surface area contributed by atoms with Crippen molar-refractivity contribution in [1.82, 2.24) is 25.0 Å². The Morgan fingerprint density at radius 3 is 2.70 bits per heavy atom. The number of alkyl halides is 2. The van der Waals surface area contributed by atoms with Crippen LogP contribution in [0.2, 0.25) is 0 Å². The number of aromatic nitrogens is 5. The molecule has 0 amide bonds. The van der Waals surface area contributed by atoms with Crippen molar-refractivity contribution in [2.24, 2.45) is 0 Å². The van der Waals surface area contributed by atoms with E-state index in [-0.39, 0.29) is 18.4 Å². The smallest absolute Gasteiger partial charge is 0.261 e. The van der Waals surface area contributed by atoms with Gasteiger partial charge in [-0.1, -0.05) is 30.0 Å². The number of thioether (sulfide) groups is 1. The second-order valence-corrected chi connectivity index (χ2v) is 10.3. The molecule has 3 aromatic rings. The van der Waals surface area contributed by atoms with Gasteiger partial charge in [-0.2, -0.15) is 0 Å². The zero-order valence-corrected chi connectivity index (χ0v) is 20.6. The number of rotatable bonds is 10. The van der Waals surface area contributed by atoms with Gasteiger partial charge in [-0.25, -0.2) is 32.2 Å². The highest BCUT2D eigenvalue weighted by Gasteiger charge is 2.45. The summed E-state index contributed by atoms with van der Waals surface area (Å²) in [5.41, 5.74) is 1.31. The van der Waals surface area contributed by atoms with Gasteiger partial charge >= 0.3 is 0 Å². The lowest BCUT2D eigenvalue weighted by atomic mass is 10.1. The third kappa shape index (κ3) is 5.38. The van der Waals surface area contributed by atoms with Crippen LogP contribution in [-0.4, -0.2) is 78.3 Å². The summed E-state index contributed by atoms with van der Waals surface area (Å²) in [6.07, 6.45) is -4.80. The summed E-state index contributed by atoms with van der Waals surface area (Å²) in [6, 6.07) is 2.95. The van der Waals surface area contributed by atoms with Crippen LogP contribution in [0.1, 0.15) is 43.7 Å². The van der Waals surface area contributed by atoms with Gasteiger partial charge in [0.2, 0.25) is 0 Å². The second-order valence-electron chi connectivity index (χ2n) is 9.22. The maximum Gasteiger partial charge on any atom is 0.261 e. The summed E-state index contributed by atoms with van der Waals surface area (Å²) < 4.78 is 58.7. The summed E-state index contributed by atoms with van der Waals surface area (Å²) in [5.74, 6) is -0.685. The standard InChI is InChI=1S/C23H26F4N6O3S/c1-2-5-37-23-29-21(28-14-7-11(14)10-3-4-12(24)13(25)6-10)18-22(30-23)33(32-31-18)15-8-16(20(35)19(15)34)36-9-17(26)27/h3-4,6,11,14-17,19-20,34-35H,2,5,7-9H2,1H3,(H,28,29,30)/t11-,14+,15?,16?,19-,20+/m0/s1. The number of hydrogen-bond donors (Lipinski definition) is 3. The first-order valence-corrected chi connectivity index (χ1v) is 13.0. The number of nitrogens with one attached hydrogen (secondary N) is 1. The molecule has 37 heavy (non-hydrogen) atoms. The summed E-state index contributed by atoms with van der Waals surface area (Å²) >= 11 is 1.42. The lowest BCUT2D eigenvalue weighted by molar-refractivity contribution is -0.0827. The second kappa shape index (κ2) is 10.7. The summed E-state index contributed by atoms with van der Waals surface area (Å²) in [5, 5.41) is 33.1. The zero-order valence-electron chi connectivity index (χ0n) is 19.8. The van der Waals surface area contributed by atoms with E-state index in [9.17, 15) is 27.8 Å². The Balaban J connectivity index is 1.41. The van der Waals surface area contributed by atoms with Gasteiger partial charge in [0, 0.05) is 24.1 Å². The van der Waals surface area contributed by atoms with E-state index < -0.39 is 49.0 Å². The van der Waals surface area contributed by atoms with Crippen molar-refractivity contribution >= 4 is 28.7 Å². The Hall–Kier alpha value is -2.55. The summed E-state index contributed by atoms with van der Waals surface area (Å²) in [7, 11) is 0. The number of aliphatic hydroxyl groups is 2. The molecule has 0 bridgehead atoms. The maximum absolute atomic E-state index is 13.7. The molecule has 2 aliphatic rings. The van der Waals surface area contributed by atoms with Crippen LogP contribution in [0.4, 0.5) is 23.4 Å². The molecule has 2 heterocycles. The van der Waals surface area contributed by atoms with Crippen LogP contribution in [-0.2, 0) is 4.74 Å². The largest absolute Gasteiger partial charge is 0.388 e. The van der Waals surface area contributed by atoms with Crippen LogP contribution >= 0.6 is 11.8 Å². The molecule has 0 spiro atoms. The Bertz CT molecular complexity index is 1270. The number of nitrogens with zero attached hydrogens (tertiary/aromatic N) is 5. The third-order valence-electron chi connectivity index (χ3n) is 6.57. The van der Waals surface area contributed by atoms with Gasteiger partial charge in [0.25, 0.3) is 6.43 Å². The molecule has 1 aromatic carbocycles. The Kier molecular flexibility index (Phi) is 7.52. The Morgan fingerprint density at radius 2 is 1.97 bits per heavy atom. The van der Waals surface area contributed by atoms with Gasteiger partial charge in [0.1, 0.15) is 18.8 Å². The average molecular weight is 543 g/mol. The third-order valence-corrected chi connectivity index (χ3v) is 7.63. The Labute approximate surface area is 213 Å². The van der Waals surface area contributed by atoms with E-state index in [0.717, 1.165) is 18.2 Å². The zero-order chi connectivity index (χ0) is 26.3. The number of hydrogen-bond acceptors (Lipinski definition) is 9. The van der Waals surface area contributed by atoms with E-state index in [4.69, 9.17) is 4.74 Å². The topological polar surface area (TPSA) is 118 Å². The van der Waals surface area contributed by atoms with Crippen molar-refractivity contribution in [2.75, 3.05) is 17.7 Å². The highest BCUT2D eigenvalue weighted by Crippen LogP contribution is 2.44. The number of anilines is 1. The van der Waals surface area contributed by atoms with Crippen LogP contribution in [0.25, 0.3) is 11.2 Å². The molecule has 2 fully saturated rings. The number of benzene rings is 1.